The van der Waals surface area contributed by atoms with Gasteiger partial charge in [0.15, 0.2) is 5.96 Å². The molecule has 0 aromatic carbocycles. The average molecular weight is 457 g/mol. The molecule has 0 saturated carbocycles. The van der Waals surface area contributed by atoms with Crippen LogP contribution < -0.4 is 21.3 Å². The molecule has 0 aliphatic rings. The van der Waals surface area contributed by atoms with Crippen molar-refractivity contribution in [2.45, 2.75) is 46.6 Å². The van der Waals surface area contributed by atoms with Crippen LogP contribution >= 0.6 is 24.0 Å². The third-order valence-corrected chi connectivity index (χ3v) is 2.41. The van der Waals surface area contributed by atoms with Gasteiger partial charge >= 0.3 is 6.09 Å². The molecule has 9 heteroatoms. The van der Waals surface area contributed by atoms with E-state index in [1.165, 1.54) is 0 Å². The largest absolute Gasteiger partial charge is 0.444 e. The predicted molar refractivity (Wildman–Crippen MR) is 107 cm³/mol. The standard InChI is InChI=1S/C15H31N5O3.HI/c1-6-16-12(21)11-20-13(17-7-2)18-9-8-10-19-14(22)23-15(3,4)5;/h6-11H2,1-5H3,(H,16,21)(H,19,22)(H2,17,18,20);1H. The van der Waals surface area contributed by atoms with E-state index < -0.39 is 11.7 Å². The number of halogens is 1. The molecular weight excluding hydrogens is 425 g/mol. The molecule has 2 amide bonds. The van der Waals surface area contributed by atoms with Gasteiger partial charge in [-0.25, -0.2) is 9.79 Å². The first-order valence-electron chi connectivity index (χ1n) is 8.04. The van der Waals surface area contributed by atoms with Crippen LogP contribution in [-0.2, 0) is 9.53 Å². The number of ether oxygens (including phenoxy) is 1. The van der Waals surface area contributed by atoms with Gasteiger partial charge in [-0.3, -0.25) is 4.79 Å². The van der Waals surface area contributed by atoms with E-state index >= 15 is 0 Å². The number of amides is 2. The Bertz CT molecular complexity index is 397. The molecule has 0 rings (SSSR count). The maximum Gasteiger partial charge on any atom is 0.407 e. The van der Waals surface area contributed by atoms with E-state index in [1.54, 1.807) is 0 Å². The summed E-state index contributed by atoms with van der Waals surface area (Å²) < 4.78 is 5.14. The molecule has 0 aromatic rings. The first-order valence-corrected chi connectivity index (χ1v) is 8.04. The van der Waals surface area contributed by atoms with Gasteiger partial charge < -0.3 is 26.0 Å². The van der Waals surface area contributed by atoms with Crippen molar-refractivity contribution < 1.29 is 14.3 Å². The number of likely N-dealkylation sites (N-methyl/N-ethyl adjacent to an activating group) is 1. The van der Waals surface area contributed by atoms with Gasteiger partial charge in [-0.2, -0.15) is 0 Å². The fraction of sp³-hybridized carbons (Fsp3) is 0.800. The van der Waals surface area contributed by atoms with Crippen molar-refractivity contribution in [2.24, 2.45) is 4.99 Å². The highest BCUT2D eigenvalue weighted by atomic mass is 127. The Morgan fingerprint density at radius 3 is 2.08 bits per heavy atom. The van der Waals surface area contributed by atoms with Gasteiger partial charge in [0.25, 0.3) is 0 Å². The van der Waals surface area contributed by atoms with E-state index in [0.29, 0.717) is 38.6 Å². The van der Waals surface area contributed by atoms with Gasteiger partial charge in [-0.1, -0.05) is 0 Å². The molecule has 8 nitrogen and oxygen atoms in total. The Balaban J connectivity index is 0. The minimum Gasteiger partial charge on any atom is -0.444 e. The topological polar surface area (TPSA) is 104 Å². The van der Waals surface area contributed by atoms with E-state index in [9.17, 15) is 9.59 Å². The average Bonchev–Trinajstić information content (AvgIpc) is 2.42. The Labute approximate surface area is 162 Å². The highest BCUT2D eigenvalue weighted by Gasteiger charge is 2.15. The van der Waals surface area contributed by atoms with Gasteiger partial charge in [0.05, 0.1) is 0 Å². The van der Waals surface area contributed by atoms with Gasteiger partial charge in [0.2, 0.25) is 5.91 Å². The van der Waals surface area contributed by atoms with E-state index in [1.807, 2.05) is 34.6 Å². The lowest BCUT2D eigenvalue weighted by Crippen LogP contribution is -2.40. The summed E-state index contributed by atoms with van der Waals surface area (Å²) in [5.41, 5.74) is -0.494. The number of nitrogens with one attached hydrogen (secondary N) is 4. The third kappa shape index (κ3) is 15.6. The summed E-state index contributed by atoms with van der Waals surface area (Å²) in [6, 6.07) is 0. The monoisotopic (exact) mass is 457 g/mol. The van der Waals surface area contributed by atoms with Gasteiger partial charge in [-0.15, -0.1) is 24.0 Å². The zero-order chi connectivity index (χ0) is 17.7. The molecule has 0 aromatic heterocycles. The third-order valence-electron chi connectivity index (χ3n) is 2.41. The molecule has 142 valence electrons. The van der Waals surface area contributed by atoms with Crippen molar-refractivity contribution in [2.75, 3.05) is 32.7 Å². The number of rotatable bonds is 8. The van der Waals surface area contributed by atoms with Gasteiger partial charge in [0, 0.05) is 26.2 Å². The van der Waals surface area contributed by atoms with Crippen molar-refractivity contribution in [3.63, 3.8) is 0 Å². The Morgan fingerprint density at radius 2 is 1.54 bits per heavy atom. The van der Waals surface area contributed by atoms with E-state index in [-0.39, 0.29) is 36.4 Å². The number of hydrogen-bond donors (Lipinski definition) is 4. The molecule has 0 atom stereocenters. The predicted octanol–water partition coefficient (Wildman–Crippen LogP) is 1.21. The first-order chi connectivity index (χ1) is 10.8. The molecule has 0 spiro atoms. The maximum absolute atomic E-state index is 11.5. The van der Waals surface area contributed by atoms with Crippen LogP contribution in [0.2, 0.25) is 0 Å². The fourth-order valence-corrected chi connectivity index (χ4v) is 1.55. The molecule has 0 aliphatic carbocycles. The number of alkyl carbamates (subject to hydrolysis) is 1. The highest BCUT2D eigenvalue weighted by molar-refractivity contribution is 14.0. The summed E-state index contributed by atoms with van der Waals surface area (Å²) in [4.78, 5) is 27.0. The fourth-order valence-electron chi connectivity index (χ4n) is 1.55. The van der Waals surface area contributed by atoms with E-state index in [4.69, 9.17) is 4.74 Å². The lowest BCUT2D eigenvalue weighted by atomic mass is 10.2. The molecule has 0 aliphatic heterocycles. The summed E-state index contributed by atoms with van der Waals surface area (Å²) in [6.07, 6.45) is 0.291. The zero-order valence-corrected chi connectivity index (χ0v) is 17.7. The summed E-state index contributed by atoms with van der Waals surface area (Å²) in [7, 11) is 0. The summed E-state index contributed by atoms with van der Waals surface area (Å²) in [6.45, 7) is 11.8. The van der Waals surface area contributed by atoms with Crippen molar-refractivity contribution in [3.05, 3.63) is 0 Å². The number of guanidine groups is 1. The SMILES string of the molecule is CCNC(=O)CN=C(NCC)NCCCNC(=O)OC(C)(C)C.I. The van der Waals surface area contributed by atoms with Gasteiger partial charge in [-0.05, 0) is 41.0 Å². The molecule has 24 heavy (non-hydrogen) atoms. The van der Waals surface area contributed by atoms with Crippen LogP contribution in [0.3, 0.4) is 0 Å². The van der Waals surface area contributed by atoms with E-state index in [0.717, 1.165) is 0 Å². The van der Waals surface area contributed by atoms with Crippen molar-refractivity contribution in [1.29, 1.82) is 0 Å². The van der Waals surface area contributed by atoms with Crippen LogP contribution in [0.4, 0.5) is 4.79 Å². The van der Waals surface area contributed by atoms with Crippen molar-refractivity contribution in [3.8, 4) is 0 Å². The molecule has 4 N–H and O–H groups in total. The second kappa shape index (κ2) is 14.1. The molecule has 0 bridgehead atoms. The molecular formula is C15H32IN5O3. The van der Waals surface area contributed by atoms with Crippen molar-refractivity contribution >= 4 is 41.9 Å². The molecule has 0 saturated heterocycles. The van der Waals surface area contributed by atoms with E-state index in [2.05, 4.69) is 26.3 Å². The van der Waals surface area contributed by atoms with Gasteiger partial charge in [0.1, 0.15) is 12.1 Å². The number of hydrogen-bond acceptors (Lipinski definition) is 4. The van der Waals surface area contributed by atoms with Crippen LogP contribution in [0.25, 0.3) is 0 Å². The van der Waals surface area contributed by atoms with Crippen LogP contribution in [0.15, 0.2) is 4.99 Å². The summed E-state index contributed by atoms with van der Waals surface area (Å²) in [5, 5.41) is 11.5. The highest BCUT2D eigenvalue weighted by Crippen LogP contribution is 2.06. The van der Waals surface area contributed by atoms with Crippen molar-refractivity contribution in [1.82, 2.24) is 21.3 Å². The summed E-state index contributed by atoms with van der Waals surface area (Å²) in [5.74, 6) is 0.465. The normalized spacial score (nSPS) is 11.1. The molecule has 0 unspecified atom stereocenters. The Morgan fingerprint density at radius 1 is 0.958 bits per heavy atom. The zero-order valence-electron chi connectivity index (χ0n) is 15.3. The van der Waals surface area contributed by atoms with Crippen LogP contribution in [-0.4, -0.2) is 56.3 Å². The smallest absolute Gasteiger partial charge is 0.407 e. The second-order valence-electron chi connectivity index (χ2n) is 5.86. The number of carbonyl (C=O) groups excluding carboxylic acids is 2. The Kier molecular flexibility index (Phi) is 14.7. The molecule has 0 heterocycles. The molecule has 0 fully saturated rings. The lowest BCUT2D eigenvalue weighted by molar-refractivity contribution is -0.119. The van der Waals surface area contributed by atoms with Crippen LogP contribution in [0, 0.1) is 0 Å². The first kappa shape index (κ1) is 25.0. The number of aliphatic imine (C=N–C) groups is 1. The lowest BCUT2D eigenvalue weighted by Gasteiger charge is -2.19. The Hall–Kier alpha value is -1.26. The van der Waals surface area contributed by atoms with Crippen LogP contribution in [0.5, 0.6) is 0 Å². The second-order valence-corrected chi connectivity index (χ2v) is 5.86. The maximum atomic E-state index is 11.5. The minimum absolute atomic E-state index is 0. The quantitative estimate of drug-likeness (QED) is 0.190. The number of nitrogens with zero attached hydrogens (tertiary/aromatic N) is 1. The molecule has 0 radical (unpaired) electrons. The summed E-state index contributed by atoms with van der Waals surface area (Å²) >= 11 is 0. The van der Waals surface area contributed by atoms with Crippen LogP contribution in [0.1, 0.15) is 41.0 Å². The minimum atomic E-state index is -0.494. The number of carbonyl (C=O) groups is 2.